The summed E-state index contributed by atoms with van der Waals surface area (Å²) in [6.07, 6.45) is 4.03. The Bertz CT molecular complexity index is 851. The molecule has 0 radical (unpaired) electrons. The van der Waals surface area contributed by atoms with Gasteiger partial charge in [0.15, 0.2) is 0 Å². The van der Waals surface area contributed by atoms with Gasteiger partial charge in [0.2, 0.25) is 5.91 Å². The van der Waals surface area contributed by atoms with E-state index in [2.05, 4.69) is 17.6 Å². The number of morpholine rings is 1. The molecule has 7 nitrogen and oxygen atoms in total. The quantitative estimate of drug-likeness (QED) is 0.550. The minimum Gasteiger partial charge on any atom is -0.378 e. The van der Waals surface area contributed by atoms with Gasteiger partial charge in [-0.05, 0) is 50.8 Å². The number of aryl methyl sites for hydroxylation is 1. The Balaban J connectivity index is 1.65. The normalized spacial score (nSPS) is 18.4. The van der Waals surface area contributed by atoms with E-state index in [1.54, 1.807) is 11.0 Å². The zero-order chi connectivity index (χ0) is 21.7. The van der Waals surface area contributed by atoms with Crippen LogP contribution in [0.3, 0.4) is 0 Å². The van der Waals surface area contributed by atoms with Gasteiger partial charge in [-0.1, -0.05) is 6.92 Å². The molecule has 0 saturated carbocycles. The highest BCUT2D eigenvalue weighted by atomic mass is 16.5. The first-order valence-corrected chi connectivity index (χ1v) is 10.9. The summed E-state index contributed by atoms with van der Waals surface area (Å²) < 4.78 is 7.54. The smallest absolute Gasteiger partial charge is 0.264 e. The fraction of sp³-hybridized carbons (Fsp3) is 0.609. The van der Waals surface area contributed by atoms with Crippen LogP contribution in [0.1, 0.15) is 43.1 Å². The van der Waals surface area contributed by atoms with Crippen molar-refractivity contribution in [1.29, 1.82) is 5.26 Å². The van der Waals surface area contributed by atoms with E-state index in [1.165, 1.54) is 0 Å². The molecule has 3 rings (SSSR count). The molecule has 2 aliphatic rings. The van der Waals surface area contributed by atoms with Crippen LogP contribution in [0.4, 0.5) is 0 Å². The molecule has 1 aromatic rings. The Morgan fingerprint density at radius 2 is 1.83 bits per heavy atom. The van der Waals surface area contributed by atoms with Gasteiger partial charge >= 0.3 is 0 Å². The van der Waals surface area contributed by atoms with Crippen molar-refractivity contribution >= 4 is 17.9 Å². The van der Waals surface area contributed by atoms with Crippen molar-refractivity contribution in [3.8, 4) is 6.07 Å². The Morgan fingerprint density at radius 3 is 2.43 bits per heavy atom. The van der Waals surface area contributed by atoms with Crippen LogP contribution in [0.15, 0.2) is 11.6 Å². The highest BCUT2D eigenvalue weighted by Gasteiger charge is 2.31. The molecule has 0 aromatic carbocycles. The van der Waals surface area contributed by atoms with Crippen LogP contribution in [-0.2, 0) is 20.9 Å². The minimum atomic E-state index is -0.241. The average molecular weight is 413 g/mol. The topological polar surface area (TPSA) is 78.6 Å². The van der Waals surface area contributed by atoms with E-state index in [0.717, 1.165) is 29.9 Å². The summed E-state index contributed by atoms with van der Waals surface area (Å²) in [5, 5.41) is 9.62. The summed E-state index contributed by atoms with van der Waals surface area (Å²) in [4.78, 5) is 29.2. The molecule has 0 N–H and O–H groups in total. The second kappa shape index (κ2) is 9.94. The van der Waals surface area contributed by atoms with Gasteiger partial charge < -0.3 is 19.1 Å². The van der Waals surface area contributed by atoms with Crippen LogP contribution in [0.25, 0.3) is 6.08 Å². The maximum Gasteiger partial charge on any atom is 0.264 e. The summed E-state index contributed by atoms with van der Waals surface area (Å²) in [5.74, 6) is -0.116. The first-order chi connectivity index (χ1) is 14.5. The number of ether oxygens (including phenoxy) is 1. The number of nitrogens with zero attached hydrogens (tertiary/aromatic N) is 4. The average Bonchev–Trinajstić information content (AvgIpc) is 3.05. The lowest BCUT2D eigenvalue weighted by Crippen LogP contribution is -2.47. The molecule has 2 fully saturated rings. The van der Waals surface area contributed by atoms with Gasteiger partial charge in [-0.2, -0.15) is 5.26 Å². The third-order valence-corrected chi connectivity index (χ3v) is 6.16. The van der Waals surface area contributed by atoms with Gasteiger partial charge in [-0.25, -0.2) is 0 Å². The number of hydrogen-bond acceptors (Lipinski definition) is 4. The fourth-order valence-electron chi connectivity index (χ4n) is 4.38. The molecular formula is C23H32N4O3. The standard InChI is InChI=1S/C23H32N4O3/c1-4-7-27-17(2)14-20(18(27)3)15-21(16-24)23(29)25-8-5-19(6-9-25)22(28)26-10-12-30-13-11-26/h14-15,19H,4-13H2,1-3H3/b21-15-. The van der Waals surface area contributed by atoms with E-state index in [4.69, 9.17) is 4.74 Å². The zero-order valence-corrected chi connectivity index (χ0v) is 18.3. The van der Waals surface area contributed by atoms with Gasteiger partial charge in [0.25, 0.3) is 5.91 Å². The summed E-state index contributed by atoms with van der Waals surface area (Å²) in [7, 11) is 0. The third kappa shape index (κ3) is 4.76. The number of amides is 2. The van der Waals surface area contributed by atoms with Gasteiger partial charge in [0.1, 0.15) is 11.6 Å². The second-order valence-electron chi connectivity index (χ2n) is 8.15. The van der Waals surface area contributed by atoms with Crippen LogP contribution < -0.4 is 0 Å². The third-order valence-electron chi connectivity index (χ3n) is 6.16. The number of carbonyl (C=O) groups is 2. The number of hydrogen-bond donors (Lipinski definition) is 0. The van der Waals surface area contributed by atoms with Gasteiger partial charge in [-0.3, -0.25) is 9.59 Å². The number of nitriles is 1. The summed E-state index contributed by atoms with van der Waals surface area (Å²) in [6, 6.07) is 4.12. The lowest BCUT2D eigenvalue weighted by atomic mass is 9.94. The second-order valence-corrected chi connectivity index (χ2v) is 8.15. The minimum absolute atomic E-state index is 0.0466. The molecule has 7 heteroatoms. The summed E-state index contributed by atoms with van der Waals surface area (Å²) in [6.45, 7) is 10.6. The van der Waals surface area contributed by atoms with Crippen molar-refractivity contribution in [3.63, 3.8) is 0 Å². The molecule has 0 unspecified atom stereocenters. The lowest BCUT2D eigenvalue weighted by molar-refractivity contribution is -0.142. The number of piperidine rings is 1. The van der Waals surface area contributed by atoms with Crippen LogP contribution in [0, 0.1) is 31.1 Å². The highest BCUT2D eigenvalue weighted by molar-refractivity contribution is 6.02. The Morgan fingerprint density at radius 1 is 1.17 bits per heavy atom. The number of carbonyl (C=O) groups excluding carboxylic acids is 2. The van der Waals surface area contributed by atoms with E-state index in [1.807, 2.05) is 24.8 Å². The SMILES string of the molecule is CCCn1c(C)cc(/C=C(/C#N)C(=O)N2CCC(C(=O)N3CCOCC3)CC2)c1C. The van der Waals surface area contributed by atoms with Gasteiger partial charge in [0, 0.05) is 50.0 Å². The van der Waals surface area contributed by atoms with Crippen molar-refractivity contribution in [2.24, 2.45) is 5.92 Å². The van der Waals surface area contributed by atoms with Crippen LogP contribution in [-0.4, -0.2) is 65.6 Å². The maximum atomic E-state index is 13.0. The van der Waals surface area contributed by atoms with Crippen molar-refractivity contribution < 1.29 is 14.3 Å². The van der Waals surface area contributed by atoms with Crippen LogP contribution in [0.2, 0.25) is 0 Å². The number of aromatic nitrogens is 1. The molecule has 0 spiro atoms. The van der Waals surface area contributed by atoms with Crippen LogP contribution >= 0.6 is 0 Å². The molecule has 0 aliphatic carbocycles. The zero-order valence-electron chi connectivity index (χ0n) is 18.3. The van der Waals surface area contributed by atoms with E-state index in [9.17, 15) is 14.9 Å². The Kier molecular flexibility index (Phi) is 7.33. The lowest BCUT2D eigenvalue weighted by Gasteiger charge is -2.35. The van der Waals surface area contributed by atoms with E-state index < -0.39 is 0 Å². The van der Waals surface area contributed by atoms with Crippen molar-refractivity contribution in [2.45, 2.75) is 46.6 Å². The number of likely N-dealkylation sites (tertiary alicyclic amines) is 1. The largest absolute Gasteiger partial charge is 0.378 e. The van der Waals surface area contributed by atoms with Crippen molar-refractivity contribution in [1.82, 2.24) is 14.4 Å². The Hall–Kier alpha value is -2.59. The monoisotopic (exact) mass is 412 g/mol. The predicted octanol–water partition coefficient (Wildman–Crippen LogP) is 2.52. The maximum absolute atomic E-state index is 13.0. The molecule has 0 atom stereocenters. The first-order valence-electron chi connectivity index (χ1n) is 10.9. The van der Waals surface area contributed by atoms with Crippen molar-refractivity contribution in [2.75, 3.05) is 39.4 Å². The summed E-state index contributed by atoms with van der Waals surface area (Å²) >= 11 is 0. The fourth-order valence-corrected chi connectivity index (χ4v) is 4.38. The molecule has 2 aliphatic heterocycles. The Labute approximate surface area is 178 Å². The molecule has 30 heavy (non-hydrogen) atoms. The summed E-state index contributed by atoms with van der Waals surface area (Å²) in [5.41, 5.74) is 3.28. The predicted molar refractivity (Wildman–Crippen MR) is 114 cm³/mol. The van der Waals surface area contributed by atoms with E-state index >= 15 is 0 Å². The molecule has 3 heterocycles. The molecule has 0 bridgehead atoms. The highest BCUT2D eigenvalue weighted by Crippen LogP contribution is 2.23. The molecule has 2 saturated heterocycles. The van der Waals surface area contributed by atoms with Gasteiger partial charge in [-0.15, -0.1) is 0 Å². The van der Waals surface area contributed by atoms with Gasteiger partial charge in [0.05, 0.1) is 13.2 Å². The molecule has 2 amide bonds. The molecule has 1 aromatic heterocycles. The van der Waals surface area contributed by atoms with E-state index in [-0.39, 0.29) is 23.3 Å². The number of rotatable bonds is 5. The molecular weight excluding hydrogens is 380 g/mol. The van der Waals surface area contributed by atoms with Crippen molar-refractivity contribution in [3.05, 3.63) is 28.6 Å². The molecule has 162 valence electrons. The van der Waals surface area contributed by atoms with E-state index in [0.29, 0.717) is 52.2 Å². The first kappa shape index (κ1) is 22.1. The van der Waals surface area contributed by atoms with Crippen LogP contribution in [0.5, 0.6) is 0 Å².